The molecule has 2 fully saturated rings. The second-order valence-corrected chi connectivity index (χ2v) is 16.8. The maximum absolute atomic E-state index is 12.9. The van der Waals surface area contributed by atoms with E-state index in [1.54, 1.807) is 27.7 Å². The number of ether oxygens (including phenoxy) is 5. The number of carbonyl (C=O) groups excluding carboxylic acids is 6. The lowest BCUT2D eigenvalue weighted by Crippen LogP contribution is -2.56. The normalized spacial score (nSPS) is 22.3. The van der Waals surface area contributed by atoms with Crippen LogP contribution in [0.3, 0.4) is 0 Å². The number of hydrogen-bond donors (Lipinski definition) is 4. The quantitative estimate of drug-likeness (QED) is 0.116. The van der Waals surface area contributed by atoms with Crippen LogP contribution in [0.1, 0.15) is 74.7 Å². The molecule has 15 nitrogen and oxygen atoms in total. The molecule has 17 heteroatoms. The summed E-state index contributed by atoms with van der Waals surface area (Å²) in [4.78, 5) is 74.9. The Balaban J connectivity index is 1.66. The van der Waals surface area contributed by atoms with Gasteiger partial charge in [0.2, 0.25) is 28.7 Å². The van der Waals surface area contributed by atoms with Gasteiger partial charge in [-0.1, -0.05) is 39.5 Å². The predicted molar refractivity (Wildman–Crippen MR) is 189 cm³/mol. The van der Waals surface area contributed by atoms with E-state index in [4.69, 9.17) is 23.7 Å². The molecule has 2 rings (SSSR count). The fourth-order valence-electron chi connectivity index (χ4n) is 4.87. The minimum Gasteiger partial charge on any atom is -0.469 e. The molecule has 3 atom stereocenters. The van der Waals surface area contributed by atoms with Gasteiger partial charge in [0.25, 0.3) is 0 Å². The van der Waals surface area contributed by atoms with Crippen molar-refractivity contribution in [3.05, 3.63) is 0 Å². The van der Waals surface area contributed by atoms with Gasteiger partial charge in [-0.3, -0.25) is 28.8 Å². The zero-order valence-corrected chi connectivity index (χ0v) is 32.5. The number of esters is 1. The van der Waals surface area contributed by atoms with Crippen LogP contribution >= 0.6 is 23.5 Å². The van der Waals surface area contributed by atoms with E-state index in [9.17, 15) is 28.8 Å². The highest BCUT2D eigenvalue weighted by molar-refractivity contribution is 8.16. The average Bonchev–Trinajstić information content (AvgIpc) is 3.03. The van der Waals surface area contributed by atoms with Crippen molar-refractivity contribution in [3.8, 4) is 0 Å². The van der Waals surface area contributed by atoms with E-state index in [0.29, 0.717) is 19.0 Å². The molecular formula is C33H56N4O11S2. The number of hydrogen-bond acceptors (Lipinski definition) is 13. The summed E-state index contributed by atoms with van der Waals surface area (Å²) in [5.74, 6) is -2.84. The molecule has 4 N–H and O–H groups in total. The maximum Gasteiger partial charge on any atom is 0.307 e. The molecule has 286 valence electrons. The Morgan fingerprint density at radius 3 is 1.56 bits per heavy atom. The van der Waals surface area contributed by atoms with Gasteiger partial charge < -0.3 is 45.0 Å². The van der Waals surface area contributed by atoms with Crippen molar-refractivity contribution in [1.82, 2.24) is 21.3 Å². The fraction of sp³-hybridized carbons (Fsp3) is 0.818. The lowest BCUT2D eigenvalue weighted by Gasteiger charge is -2.44. The van der Waals surface area contributed by atoms with Crippen molar-refractivity contribution in [2.75, 3.05) is 58.0 Å². The van der Waals surface area contributed by atoms with Crippen molar-refractivity contribution in [3.63, 3.8) is 0 Å². The number of nitrogens with one attached hydrogen (secondary N) is 4. The largest absolute Gasteiger partial charge is 0.469 e. The molecule has 0 aromatic rings. The third-order valence-electron chi connectivity index (χ3n) is 7.84. The minimum absolute atomic E-state index is 0.0528. The second kappa shape index (κ2) is 19.4. The molecule has 4 amide bonds. The summed E-state index contributed by atoms with van der Waals surface area (Å²) < 4.78 is 27.7. The summed E-state index contributed by atoms with van der Waals surface area (Å²) in [6, 6.07) is 0. The number of rotatable bonds is 18. The third kappa shape index (κ3) is 15.0. The lowest BCUT2D eigenvalue weighted by molar-refractivity contribution is -0.304. The third-order valence-corrected chi connectivity index (χ3v) is 10.2. The van der Waals surface area contributed by atoms with Crippen LogP contribution in [0.2, 0.25) is 0 Å². The fourth-order valence-corrected chi connectivity index (χ4v) is 6.85. The summed E-state index contributed by atoms with van der Waals surface area (Å²) >= 11 is 2.21. The van der Waals surface area contributed by atoms with E-state index in [-0.39, 0.29) is 79.9 Å². The summed E-state index contributed by atoms with van der Waals surface area (Å²) in [7, 11) is 1.24. The lowest BCUT2D eigenvalue weighted by atomic mass is 9.85. The van der Waals surface area contributed by atoms with Crippen LogP contribution in [0.5, 0.6) is 0 Å². The maximum atomic E-state index is 12.9. The second-order valence-electron chi connectivity index (χ2n) is 14.4. The van der Waals surface area contributed by atoms with Gasteiger partial charge in [0.05, 0.1) is 32.0 Å². The van der Waals surface area contributed by atoms with Gasteiger partial charge in [0.15, 0.2) is 11.6 Å². The zero-order chi connectivity index (χ0) is 37.8. The first kappa shape index (κ1) is 43.7. The molecule has 0 bridgehead atoms. The van der Waals surface area contributed by atoms with Crippen molar-refractivity contribution >= 4 is 58.2 Å². The van der Waals surface area contributed by atoms with E-state index in [1.165, 1.54) is 18.9 Å². The number of carbonyl (C=O) groups is 6. The molecule has 0 aliphatic carbocycles. The minimum atomic E-state index is -0.882. The van der Waals surface area contributed by atoms with E-state index in [2.05, 4.69) is 21.3 Å². The summed E-state index contributed by atoms with van der Waals surface area (Å²) in [5.41, 5.74) is -1.05. The molecule has 0 aromatic heterocycles. The van der Waals surface area contributed by atoms with E-state index in [0.717, 1.165) is 11.8 Å². The molecule has 0 spiro atoms. The molecule has 1 unspecified atom stereocenters. The highest BCUT2D eigenvalue weighted by Crippen LogP contribution is 2.36. The van der Waals surface area contributed by atoms with Crippen LogP contribution in [0.4, 0.5) is 0 Å². The standard InChI is InChI=1S/C33H56N4O11S2/c1-30(2)19-45-32(5,6)47-25(30)27(41)36-12-10-22(38)34-14-16-49-21(18-24(40)44-9)29(43)50-17-15-35-23(39)11-13-37-28(42)26-31(3,4)20-46-33(7,8)48-26/h21,25-26H,10-20H2,1-9H3,(H,34,38)(H,35,39)(H,36,41)(H,37,42)/t21?,25-,26-/m0/s1. The van der Waals surface area contributed by atoms with Crippen molar-refractivity contribution in [2.24, 2.45) is 10.8 Å². The van der Waals surface area contributed by atoms with Crippen LogP contribution < -0.4 is 21.3 Å². The average molecular weight is 749 g/mol. The van der Waals surface area contributed by atoms with Gasteiger partial charge in [-0.25, -0.2) is 0 Å². The smallest absolute Gasteiger partial charge is 0.307 e. The number of methoxy groups -OCH3 is 1. The van der Waals surface area contributed by atoms with Crippen LogP contribution in [0.25, 0.3) is 0 Å². The van der Waals surface area contributed by atoms with E-state index >= 15 is 0 Å². The van der Waals surface area contributed by atoms with Crippen LogP contribution in [0.15, 0.2) is 0 Å². The Bertz CT molecular complexity index is 1210. The molecule has 50 heavy (non-hydrogen) atoms. The molecule has 0 aromatic carbocycles. The van der Waals surface area contributed by atoms with Gasteiger partial charge in [-0.15, -0.1) is 11.8 Å². The van der Waals surface area contributed by atoms with Crippen LogP contribution in [0, 0.1) is 10.8 Å². The molecule has 2 aliphatic rings. The topological polar surface area (TPSA) is 197 Å². The molecule has 0 saturated carbocycles. The van der Waals surface area contributed by atoms with Gasteiger partial charge >= 0.3 is 5.97 Å². The Hall–Kier alpha value is -2.44. The molecule has 0 radical (unpaired) electrons. The molecule has 2 aliphatic heterocycles. The number of thioether (sulfide) groups is 2. The Morgan fingerprint density at radius 2 is 1.12 bits per heavy atom. The Kier molecular flexibility index (Phi) is 17.0. The van der Waals surface area contributed by atoms with Crippen LogP contribution in [-0.2, 0) is 52.5 Å². The summed E-state index contributed by atoms with van der Waals surface area (Å²) in [6.45, 7) is 15.9. The highest BCUT2D eigenvalue weighted by Gasteiger charge is 2.46. The predicted octanol–water partition coefficient (Wildman–Crippen LogP) is 1.51. The number of amides is 4. The zero-order valence-electron chi connectivity index (χ0n) is 30.8. The van der Waals surface area contributed by atoms with Crippen molar-refractivity contribution in [2.45, 2.75) is 104 Å². The summed E-state index contributed by atoms with van der Waals surface area (Å²) in [5, 5.41) is 10.0. The Labute approximate surface area is 303 Å². The van der Waals surface area contributed by atoms with Gasteiger partial charge in [-0.2, -0.15) is 0 Å². The van der Waals surface area contributed by atoms with Crippen LogP contribution in [-0.4, -0.2) is 122 Å². The van der Waals surface area contributed by atoms with Crippen molar-refractivity contribution < 1.29 is 52.5 Å². The van der Waals surface area contributed by atoms with E-state index < -0.39 is 45.8 Å². The molecule has 2 heterocycles. The first-order chi connectivity index (χ1) is 23.2. The first-order valence-electron chi connectivity index (χ1n) is 16.8. The molecule has 2 saturated heterocycles. The van der Waals surface area contributed by atoms with Crippen molar-refractivity contribution in [1.29, 1.82) is 0 Å². The van der Waals surface area contributed by atoms with Gasteiger partial charge in [-0.05, 0) is 27.7 Å². The first-order valence-corrected chi connectivity index (χ1v) is 18.8. The summed E-state index contributed by atoms with van der Waals surface area (Å²) in [6.07, 6.45) is -1.46. The SMILES string of the molecule is COC(=O)CC(SCCNC(=O)CCNC(=O)[C@@H]1OC(C)(C)OCC1(C)C)C(=O)SCCNC(=O)CCNC(=O)[C@@H]1OC(C)(C)OCC1(C)C. The van der Waals surface area contributed by atoms with E-state index in [1.807, 2.05) is 27.7 Å². The van der Waals surface area contributed by atoms with Gasteiger partial charge in [0, 0.05) is 61.4 Å². The monoisotopic (exact) mass is 748 g/mol. The molecular weight excluding hydrogens is 693 g/mol. The Morgan fingerprint density at radius 1 is 0.680 bits per heavy atom. The highest BCUT2D eigenvalue weighted by atomic mass is 32.2. The van der Waals surface area contributed by atoms with Gasteiger partial charge in [0.1, 0.15) is 12.2 Å².